The molecule has 0 N–H and O–H groups in total. The normalized spacial score (nSPS) is 10.7. The number of aromatic nitrogens is 1. The van der Waals surface area contributed by atoms with Crippen LogP contribution in [-0.4, -0.2) is 14.1 Å². The molecule has 0 spiro atoms. The van der Waals surface area contributed by atoms with Crippen LogP contribution in [0.15, 0.2) is 83.9 Å². The zero-order valence-corrected chi connectivity index (χ0v) is 19.2. The van der Waals surface area contributed by atoms with E-state index in [2.05, 4.69) is 113 Å². The van der Waals surface area contributed by atoms with Crippen molar-refractivity contribution in [3.63, 3.8) is 0 Å². The maximum Gasteiger partial charge on any atom is 0.213 e. The Bertz CT molecular complexity index is 1110. The van der Waals surface area contributed by atoms with Crippen molar-refractivity contribution in [3.05, 3.63) is 83.9 Å². The summed E-state index contributed by atoms with van der Waals surface area (Å²) >= 11 is 3.75. The Hall–Kier alpha value is -2.17. The number of pyridine rings is 1. The van der Waals surface area contributed by atoms with E-state index < -0.39 is 0 Å². The summed E-state index contributed by atoms with van der Waals surface area (Å²) < 4.78 is 3.44. The van der Waals surface area contributed by atoms with Gasteiger partial charge in [-0.05, 0) is 51.8 Å². The smallest absolute Gasteiger partial charge is 0.213 e. The highest BCUT2D eigenvalue weighted by molar-refractivity contribution is 9.10. The highest BCUT2D eigenvalue weighted by Crippen LogP contribution is 2.37. The lowest BCUT2D eigenvalue weighted by Gasteiger charge is -2.17. The fraction of sp³-hybridized carbons (Fsp3) is 0.125. The van der Waals surface area contributed by atoms with Crippen LogP contribution in [0.5, 0.6) is 0 Å². The number of halogens is 2. The standard InChI is InChI=1S/C24H22BrN2.BrH/c1-4-15-27-21-11-7-5-9-18(21)24(19-10-6-8-12-22(19)27)17-13-14-23(26(2)3)20(25)16-17;/h4-14,16H,1,15H2,2-3H3;1H/q+1;/p-1. The van der Waals surface area contributed by atoms with Crippen molar-refractivity contribution in [2.24, 2.45) is 0 Å². The molecule has 4 aromatic rings. The average Bonchev–Trinajstić information content (AvgIpc) is 2.67. The van der Waals surface area contributed by atoms with Gasteiger partial charge in [-0.15, -0.1) is 0 Å². The lowest BCUT2D eigenvalue weighted by atomic mass is 9.95. The van der Waals surface area contributed by atoms with Crippen molar-refractivity contribution in [1.82, 2.24) is 0 Å². The summed E-state index contributed by atoms with van der Waals surface area (Å²) in [6, 6.07) is 23.9. The number of anilines is 1. The number of fused-ring (bicyclic) bond motifs is 2. The molecule has 0 saturated heterocycles. The summed E-state index contributed by atoms with van der Waals surface area (Å²) in [4.78, 5) is 2.12. The molecular formula is C24H22Br2N2. The molecule has 4 rings (SSSR count). The number of hydrogen-bond acceptors (Lipinski definition) is 1. The Morgan fingerprint density at radius 1 is 0.929 bits per heavy atom. The molecule has 0 aliphatic heterocycles. The Morgan fingerprint density at radius 2 is 1.50 bits per heavy atom. The predicted octanol–water partition coefficient (Wildman–Crippen LogP) is 2.97. The van der Waals surface area contributed by atoms with Gasteiger partial charge in [0.1, 0.15) is 0 Å². The van der Waals surface area contributed by atoms with Gasteiger partial charge < -0.3 is 21.9 Å². The number of benzene rings is 3. The first-order valence-corrected chi connectivity index (χ1v) is 9.82. The summed E-state index contributed by atoms with van der Waals surface area (Å²) in [5, 5.41) is 2.50. The third-order valence-electron chi connectivity index (χ3n) is 4.96. The number of nitrogens with zero attached hydrogens (tertiary/aromatic N) is 2. The van der Waals surface area contributed by atoms with E-state index in [0.717, 1.165) is 11.0 Å². The fourth-order valence-corrected chi connectivity index (χ4v) is 4.51. The minimum absolute atomic E-state index is 0. The van der Waals surface area contributed by atoms with E-state index in [1.165, 1.54) is 38.6 Å². The van der Waals surface area contributed by atoms with Gasteiger partial charge in [-0.1, -0.05) is 36.9 Å². The van der Waals surface area contributed by atoms with Crippen molar-refractivity contribution >= 4 is 43.4 Å². The molecule has 28 heavy (non-hydrogen) atoms. The summed E-state index contributed by atoms with van der Waals surface area (Å²) in [5.74, 6) is 0. The van der Waals surface area contributed by atoms with E-state index in [9.17, 15) is 0 Å². The van der Waals surface area contributed by atoms with Crippen molar-refractivity contribution < 1.29 is 21.5 Å². The molecule has 2 nitrogen and oxygen atoms in total. The quantitative estimate of drug-likeness (QED) is 0.239. The van der Waals surface area contributed by atoms with Gasteiger partial charge in [0.25, 0.3) is 0 Å². The minimum Gasteiger partial charge on any atom is -1.00 e. The highest BCUT2D eigenvalue weighted by atomic mass is 79.9. The third kappa shape index (κ3) is 3.47. The zero-order chi connectivity index (χ0) is 19.0. The van der Waals surface area contributed by atoms with Crippen LogP contribution < -0.4 is 26.4 Å². The van der Waals surface area contributed by atoms with Crippen LogP contribution in [0.4, 0.5) is 5.69 Å². The van der Waals surface area contributed by atoms with Gasteiger partial charge in [-0.2, -0.15) is 4.57 Å². The topological polar surface area (TPSA) is 7.12 Å². The molecule has 1 heterocycles. The molecule has 0 aliphatic carbocycles. The molecule has 1 aromatic heterocycles. The van der Waals surface area contributed by atoms with Crippen molar-refractivity contribution in [2.75, 3.05) is 19.0 Å². The Labute approximate surface area is 185 Å². The maximum absolute atomic E-state index is 3.96. The van der Waals surface area contributed by atoms with Crippen LogP contribution in [0.25, 0.3) is 32.9 Å². The van der Waals surface area contributed by atoms with Crippen LogP contribution in [0.2, 0.25) is 0 Å². The summed E-state index contributed by atoms with van der Waals surface area (Å²) in [6.07, 6.45) is 1.96. The van der Waals surface area contributed by atoms with Gasteiger partial charge in [0.05, 0.1) is 16.5 Å². The molecule has 0 bridgehead atoms. The van der Waals surface area contributed by atoms with E-state index in [1.807, 2.05) is 6.08 Å². The number of para-hydroxylation sites is 2. The molecule has 0 saturated carbocycles. The van der Waals surface area contributed by atoms with Gasteiger partial charge in [0.2, 0.25) is 11.0 Å². The molecule has 0 unspecified atom stereocenters. The van der Waals surface area contributed by atoms with E-state index in [-0.39, 0.29) is 17.0 Å². The maximum atomic E-state index is 3.96. The van der Waals surface area contributed by atoms with Crippen LogP contribution >= 0.6 is 15.9 Å². The van der Waals surface area contributed by atoms with Gasteiger partial charge in [-0.25, -0.2) is 0 Å². The molecule has 142 valence electrons. The van der Waals surface area contributed by atoms with E-state index in [4.69, 9.17) is 0 Å². The van der Waals surface area contributed by atoms with E-state index in [0.29, 0.717) is 0 Å². The monoisotopic (exact) mass is 496 g/mol. The zero-order valence-electron chi connectivity index (χ0n) is 16.0. The Morgan fingerprint density at radius 3 is 2.00 bits per heavy atom. The van der Waals surface area contributed by atoms with Gasteiger partial charge >= 0.3 is 0 Å². The molecule has 3 aromatic carbocycles. The van der Waals surface area contributed by atoms with Gasteiger partial charge in [0.15, 0.2) is 6.54 Å². The molecule has 0 aliphatic rings. The summed E-state index contributed by atoms with van der Waals surface area (Å²) in [5.41, 5.74) is 6.10. The number of hydrogen-bond donors (Lipinski definition) is 0. The average molecular weight is 498 g/mol. The molecule has 0 fully saturated rings. The molecular weight excluding hydrogens is 476 g/mol. The highest BCUT2D eigenvalue weighted by Gasteiger charge is 2.20. The van der Waals surface area contributed by atoms with Gasteiger partial charge in [0, 0.05) is 36.3 Å². The predicted molar refractivity (Wildman–Crippen MR) is 119 cm³/mol. The fourth-order valence-electron chi connectivity index (χ4n) is 3.78. The van der Waals surface area contributed by atoms with Crippen LogP contribution in [0, 0.1) is 0 Å². The Balaban J connectivity index is 0.00000225. The second kappa shape index (κ2) is 8.46. The lowest BCUT2D eigenvalue weighted by molar-refractivity contribution is -0.634. The first-order valence-electron chi connectivity index (χ1n) is 9.03. The van der Waals surface area contributed by atoms with Crippen molar-refractivity contribution in [3.8, 4) is 11.1 Å². The first kappa shape index (κ1) is 20.6. The largest absolute Gasteiger partial charge is 1.00 e. The third-order valence-corrected chi connectivity index (χ3v) is 5.59. The van der Waals surface area contributed by atoms with Crippen LogP contribution in [-0.2, 0) is 6.54 Å². The molecule has 0 amide bonds. The van der Waals surface area contributed by atoms with Gasteiger partial charge in [-0.3, -0.25) is 0 Å². The molecule has 0 atom stereocenters. The van der Waals surface area contributed by atoms with Crippen molar-refractivity contribution in [1.29, 1.82) is 0 Å². The molecule has 0 radical (unpaired) electrons. The summed E-state index contributed by atoms with van der Waals surface area (Å²) in [6.45, 7) is 4.74. The molecule has 4 heteroatoms. The SMILES string of the molecule is C=CC[n+]1c2ccccc2c(-c2ccc(N(C)C)c(Br)c2)c2ccccc21.[Br-]. The second-order valence-electron chi connectivity index (χ2n) is 6.87. The Kier molecular flexibility index (Phi) is 6.21. The number of allylic oxidation sites excluding steroid dienone is 1. The lowest BCUT2D eigenvalue weighted by Crippen LogP contribution is -3.00. The number of rotatable bonds is 4. The van der Waals surface area contributed by atoms with E-state index in [1.54, 1.807) is 0 Å². The first-order chi connectivity index (χ1) is 13.1. The van der Waals surface area contributed by atoms with E-state index >= 15 is 0 Å². The second-order valence-corrected chi connectivity index (χ2v) is 7.72. The minimum atomic E-state index is 0. The van der Waals surface area contributed by atoms with Crippen LogP contribution in [0.3, 0.4) is 0 Å². The van der Waals surface area contributed by atoms with Crippen LogP contribution in [0.1, 0.15) is 0 Å². The van der Waals surface area contributed by atoms with Crippen molar-refractivity contribution in [2.45, 2.75) is 6.54 Å². The summed E-state index contributed by atoms with van der Waals surface area (Å²) in [7, 11) is 4.12.